The van der Waals surface area contributed by atoms with Crippen LogP contribution in [0.4, 0.5) is 0 Å². The Balaban J connectivity index is 2.28. The molecule has 5 nitrogen and oxygen atoms in total. The highest BCUT2D eigenvalue weighted by atomic mass is 79.9. The number of primary sulfonamides is 1. The summed E-state index contributed by atoms with van der Waals surface area (Å²) < 4.78 is 23.5. The van der Waals surface area contributed by atoms with Crippen LogP contribution in [0, 0.1) is 12.8 Å². The molecule has 0 bridgehead atoms. The first-order chi connectivity index (χ1) is 9.18. The van der Waals surface area contributed by atoms with Gasteiger partial charge in [-0.05, 0) is 59.3 Å². The van der Waals surface area contributed by atoms with Crippen LogP contribution in [0.2, 0.25) is 0 Å². The van der Waals surface area contributed by atoms with Crippen molar-refractivity contribution < 1.29 is 13.2 Å². The molecule has 0 unspecified atom stereocenters. The number of halogens is 1. The molecule has 2 rings (SSSR count). The number of carbonyl (C=O) groups excluding carboxylic acids is 1. The molecule has 0 radical (unpaired) electrons. The van der Waals surface area contributed by atoms with E-state index in [1.54, 1.807) is 13.0 Å². The molecule has 0 heterocycles. The molecule has 7 heteroatoms. The summed E-state index contributed by atoms with van der Waals surface area (Å²) in [7, 11) is -3.87. The normalized spacial score (nSPS) is 22.2. The number of hydrogen-bond acceptors (Lipinski definition) is 3. The van der Waals surface area contributed by atoms with Gasteiger partial charge in [-0.25, -0.2) is 13.6 Å². The van der Waals surface area contributed by atoms with Gasteiger partial charge in [0, 0.05) is 16.1 Å². The van der Waals surface area contributed by atoms with E-state index in [1.807, 2.05) is 0 Å². The molecule has 0 aromatic heterocycles. The zero-order valence-corrected chi connectivity index (χ0v) is 13.7. The summed E-state index contributed by atoms with van der Waals surface area (Å²) in [5.74, 6) is 0.370. The summed E-state index contributed by atoms with van der Waals surface area (Å²) in [6.07, 6.45) is 1.92. The number of benzene rings is 1. The fraction of sp³-hybridized carbons (Fsp3) is 0.462. The van der Waals surface area contributed by atoms with Crippen molar-refractivity contribution in [2.45, 2.75) is 37.6 Å². The van der Waals surface area contributed by atoms with E-state index in [4.69, 9.17) is 5.14 Å². The molecule has 1 aliphatic carbocycles. The lowest BCUT2D eigenvalue weighted by molar-refractivity contribution is 0.0895. The smallest absolute Gasteiger partial charge is 0.251 e. The topological polar surface area (TPSA) is 89.3 Å². The molecule has 0 spiro atoms. The second-order valence-electron chi connectivity index (χ2n) is 5.40. The van der Waals surface area contributed by atoms with Crippen molar-refractivity contribution in [2.24, 2.45) is 11.1 Å². The minimum atomic E-state index is -3.87. The van der Waals surface area contributed by atoms with Crippen molar-refractivity contribution in [1.82, 2.24) is 5.32 Å². The summed E-state index contributed by atoms with van der Waals surface area (Å²) in [5.41, 5.74) is 0.970. The van der Waals surface area contributed by atoms with Gasteiger partial charge in [0.25, 0.3) is 5.91 Å². The Morgan fingerprint density at radius 1 is 1.40 bits per heavy atom. The zero-order valence-electron chi connectivity index (χ0n) is 11.3. The second-order valence-corrected chi connectivity index (χ2v) is 7.72. The molecular weight excluding hydrogens is 344 g/mol. The van der Waals surface area contributed by atoms with Crippen molar-refractivity contribution in [3.63, 3.8) is 0 Å². The van der Waals surface area contributed by atoms with Gasteiger partial charge < -0.3 is 5.32 Å². The van der Waals surface area contributed by atoms with E-state index in [0.29, 0.717) is 21.5 Å². The van der Waals surface area contributed by atoms with E-state index in [1.165, 1.54) is 6.07 Å². The van der Waals surface area contributed by atoms with Crippen molar-refractivity contribution in [3.8, 4) is 0 Å². The number of sulfonamides is 1. The molecule has 0 atom stereocenters. The molecule has 3 N–H and O–H groups in total. The van der Waals surface area contributed by atoms with Crippen LogP contribution in [0.3, 0.4) is 0 Å². The van der Waals surface area contributed by atoms with Crippen LogP contribution in [-0.4, -0.2) is 20.4 Å². The lowest BCUT2D eigenvalue weighted by Crippen LogP contribution is -2.43. The summed E-state index contributed by atoms with van der Waals surface area (Å²) in [6.45, 7) is 3.85. The molecule has 0 aliphatic heterocycles. The number of carbonyl (C=O) groups is 1. The molecule has 1 aromatic rings. The highest BCUT2D eigenvalue weighted by Gasteiger charge is 2.27. The van der Waals surface area contributed by atoms with E-state index < -0.39 is 10.0 Å². The van der Waals surface area contributed by atoms with Crippen LogP contribution in [0.1, 0.15) is 35.7 Å². The van der Waals surface area contributed by atoms with Crippen LogP contribution >= 0.6 is 15.9 Å². The maximum absolute atomic E-state index is 12.1. The lowest BCUT2D eigenvalue weighted by Gasteiger charge is -2.33. The maximum atomic E-state index is 12.1. The van der Waals surface area contributed by atoms with E-state index in [9.17, 15) is 13.2 Å². The van der Waals surface area contributed by atoms with Crippen LogP contribution in [-0.2, 0) is 10.0 Å². The monoisotopic (exact) mass is 360 g/mol. The third-order valence-electron chi connectivity index (χ3n) is 3.50. The van der Waals surface area contributed by atoms with Gasteiger partial charge in [0.1, 0.15) is 0 Å². The van der Waals surface area contributed by atoms with Crippen molar-refractivity contribution in [2.75, 3.05) is 0 Å². The Bertz CT molecular complexity index is 652. The molecule has 1 amide bonds. The number of rotatable bonds is 3. The zero-order chi connectivity index (χ0) is 15.1. The van der Waals surface area contributed by atoms with Crippen LogP contribution in [0.15, 0.2) is 21.5 Å². The van der Waals surface area contributed by atoms with Gasteiger partial charge >= 0.3 is 0 Å². The Hall–Kier alpha value is -0.920. The van der Waals surface area contributed by atoms with Gasteiger partial charge in [0.05, 0.1) is 4.90 Å². The summed E-state index contributed by atoms with van der Waals surface area (Å²) in [5, 5.41) is 8.06. The molecular formula is C13H17BrN2O3S. The largest absolute Gasteiger partial charge is 0.349 e. The summed E-state index contributed by atoms with van der Waals surface area (Å²) >= 11 is 3.19. The highest BCUT2D eigenvalue weighted by molar-refractivity contribution is 9.10. The standard InChI is InChI=1S/C13H17BrN2O3S/c1-7-3-10(4-7)16-13(17)9-5-8(2)12(14)11(6-9)20(15,18)19/h5-7,10H,3-4H2,1-2H3,(H,16,17)(H2,15,18,19). The molecule has 1 aromatic carbocycles. The van der Waals surface area contributed by atoms with Gasteiger partial charge in [-0.2, -0.15) is 0 Å². The first-order valence-electron chi connectivity index (χ1n) is 6.32. The van der Waals surface area contributed by atoms with Crippen LogP contribution in [0.25, 0.3) is 0 Å². The van der Waals surface area contributed by atoms with Crippen molar-refractivity contribution >= 4 is 31.9 Å². The average Bonchev–Trinajstić information content (AvgIpc) is 2.28. The fourth-order valence-corrected chi connectivity index (χ4v) is 3.97. The number of hydrogen-bond donors (Lipinski definition) is 2. The number of nitrogens with one attached hydrogen (secondary N) is 1. The molecule has 1 aliphatic rings. The first-order valence-corrected chi connectivity index (χ1v) is 8.66. The fourth-order valence-electron chi connectivity index (χ4n) is 2.36. The summed E-state index contributed by atoms with van der Waals surface area (Å²) in [4.78, 5) is 12.1. The minimum absolute atomic E-state index is 0.0652. The Labute approximate surface area is 127 Å². The summed E-state index contributed by atoms with van der Waals surface area (Å²) in [6, 6.07) is 3.14. The quantitative estimate of drug-likeness (QED) is 0.862. The Morgan fingerprint density at radius 2 is 2.00 bits per heavy atom. The first kappa shape index (κ1) is 15.5. The van der Waals surface area contributed by atoms with E-state index in [-0.39, 0.29) is 16.8 Å². The third kappa shape index (κ3) is 3.21. The van der Waals surface area contributed by atoms with E-state index >= 15 is 0 Å². The lowest BCUT2D eigenvalue weighted by atomic mass is 9.82. The molecule has 110 valence electrons. The maximum Gasteiger partial charge on any atom is 0.251 e. The van der Waals surface area contributed by atoms with Gasteiger partial charge in [0.15, 0.2) is 0 Å². The van der Waals surface area contributed by atoms with Crippen molar-refractivity contribution in [3.05, 3.63) is 27.7 Å². The minimum Gasteiger partial charge on any atom is -0.349 e. The third-order valence-corrected chi connectivity index (χ3v) is 5.75. The number of nitrogens with two attached hydrogens (primary N) is 1. The van der Waals surface area contributed by atoms with E-state index in [2.05, 4.69) is 28.2 Å². The van der Waals surface area contributed by atoms with Gasteiger partial charge in [0.2, 0.25) is 10.0 Å². The number of amides is 1. The predicted molar refractivity (Wildman–Crippen MR) is 79.9 cm³/mol. The van der Waals surface area contributed by atoms with Crippen LogP contribution < -0.4 is 10.5 Å². The second kappa shape index (κ2) is 5.46. The van der Waals surface area contributed by atoms with Crippen molar-refractivity contribution in [1.29, 1.82) is 0 Å². The van der Waals surface area contributed by atoms with Gasteiger partial charge in [-0.3, -0.25) is 4.79 Å². The molecule has 1 fully saturated rings. The SMILES string of the molecule is Cc1cc(C(=O)NC2CC(C)C2)cc(S(N)(=O)=O)c1Br. The highest BCUT2D eigenvalue weighted by Crippen LogP contribution is 2.28. The van der Waals surface area contributed by atoms with Gasteiger partial charge in [-0.1, -0.05) is 6.92 Å². The molecule has 20 heavy (non-hydrogen) atoms. The Morgan fingerprint density at radius 3 is 2.50 bits per heavy atom. The average molecular weight is 361 g/mol. The molecule has 0 saturated heterocycles. The van der Waals surface area contributed by atoms with Crippen LogP contribution in [0.5, 0.6) is 0 Å². The van der Waals surface area contributed by atoms with E-state index in [0.717, 1.165) is 12.8 Å². The number of aryl methyl sites for hydroxylation is 1. The Kier molecular flexibility index (Phi) is 4.22. The predicted octanol–water partition coefficient (Wildman–Crippen LogP) is 1.93. The van der Waals surface area contributed by atoms with Gasteiger partial charge in [-0.15, -0.1) is 0 Å². The molecule has 1 saturated carbocycles.